The molecule has 2 aromatic carbocycles. The second-order valence-corrected chi connectivity index (χ2v) is 6.77. The fourth-order valence-corrected chi connectivity index (χ4v) is 2.74. The van der Waals surface area contributed by atoms with Crippen molar-refractivity contribution in [3.8, 4) is 0 Å². The number of nitrogens with two attached hydrogens (primary N) is 1. The normalized spacial score (nSPS) is 13.1. The van der Waals surface area contributed by atoms with Crippen LogP contribution in [0.1, 0.15) is 29.7 Å². The molecule has 3 N–H and O–H groups in total. The average Bonchev–Trinajstić information content (AvgIpc) is 2.44. The maximum Gasteiger partial charge on any atom is 0.238 e. The molecular formula is C16H20N2O2S. The first kappa shape index (κ1) is 15.7. The maximum absolute atomic E-state index is 11.4. The molecule has 0 bridgehead atoms. The van der Waals surface area contributed by atoms with Crippen LogP contribution in [-0.2, 0) is 16.6 Å². The van der Waals surface area contributed by atoms with Crippen molar-refractivity contribution in [1.29, 1.82) is 0 Å². The van der Waals surface area contributed by atoms with Crippen LogP contribution in [0, 0.1) is 6.92 Å². The summed E-state index contributed by atoms with van der Waals surface area (Å²) in [5.41, 5.74) is 3.32. The van der Waals surface area contributed by atoms with Gasteiger partial charge in [-0.1, -0.05) is 42.0 Å². The van der Waals surface area contributed by atoms with Crippen LogP contribution in [0.5, 0.6) is 0 Å². The van der Waals surface area contributed by atoms with Crippen LogP contribution in [0.2, 0.25) is 0 Å². The lowest BCUT2D eigenvalue weighted by atomic mass is 10.1. The molecule has 0 aliphatic heterocycles. The first-order chi connectivity index (χ1) is 9.86. The van der Waals surface area contributed by atoms with Gasteiger partial charge in [-0.25, -0.2) is 13.6 Å². The van der Waals surface area contributed by atoms with Crippen molar-refractivity contribution >= 4 is 10.0 Å². The molecule has 0 saturated carbocycles. The van der Waals surface area contributed by atoms with Crippen LogP contribution in [0.25, 0.3) is 0 Å². The summed E-state index contributed by atoms with van der Waals surface area (Å²) < 4.78 is 22.8. The molecule has 0 spiro atoms. The molecule has 4 nitrogen and oxygen atoms in total. The van der Waals surface area contributed by atoms with Crippen LogP contribution in [0.15, 0.2) is 53.4 Å². The second-order valence-electron chi connectivity index (χ2n) is 5.21. The fraction of sp³-hybridized carbons (Fsp3) is 0.250. The van der Waals surface area contributed by atoms with Gasteiger partial charge in [0, 0.05) is 12.6 Å². The van der Waals surface area contributed by atoms with Gasteiger partial charge in [-0.05, 0) is 37.1 Å². The minimum Gasteiger partial charge on any atom is -0.306 e. The Morgan fingerprint density at radius 2 is 1.86 bits per heavy atom. The van der Waals surface area contributed by atoms with E-state index >= 15 is 0 Å². The summed E-state index contributed by atoms with van der Waals surface area (Å²) in [4.78, 5) is 0.143. The topological polar surface area (TPSA) is 72.2 Å². The fourth-order valence-electron chi connectivity index (χ4n) is 2.17. The monoisotopic (exact) mass is 304 g/mol. The Morgan fingerprint density at radius 3 is 2.52 bits per heavy atom. The van der Waals surface area contributed by atoms with Gasteiger partial charge in [-0.2, -0.15) is 0 Å². The predicted molar refractivity (Wildman–Crippen MR) is 84.2 cm³/mol. The van der Waals surface area contributed by atoms with Gasteiger partial charge in [0.1, 0.15) is 0 Å². The van der Waals surface area contributed by atoms with E-state index in [0.29, 0.717) is 0 Å². The Hall–Kier alpha value is -1.69. The summed E-state index contributed by atoms with van der Waals surface area (Å²) in [5, 5.41) is 8.54. The summed E-state index contributed by atoms with van der Waals surface area (Å²) >= 11 is 0. The number of benzene rings is 2. The minimum atomic E-state index is -3.66. The Labute approximate surface area is 126 Å². The van der Waals surface area contributed by atoms with E-state index in [2.05, 4.69) is 30.4 Å². The van der Waals surface area contributed by atoms with Crippen molar-refractivity contribution in [2.24, 2.45) is 5.14 Å². The van der Waals surface area contributed by atoms with Gasteiger partial charge in [-0.15, -0.1) is 0 Å². The molecule has 0 amide bonds. The number of nitrogens with one attached hydrogen (secondary N) is 1. The van der Waals surface area contributed by atoms with Crippen molar-refractivity contribution < 1.29 is 8.42 Å². The van der Waals surface area contributed by atoms with Crippen molar-refractivity contribution in [3.05, 3.63) is 65.2 Å². The molecular weight excluding hydrogens is 284 g/mol. The van der Waals surface area contributed by atoms with Gasteiger partial charge in [0.05, 0.1) is 4.90 Å². The third-order valence-electron chi connectivity index (χ3n) is 3.38. The molecule has 112 valence electrons. The van der Waals surface area contributed by atoms with Crippen LogP contribution in [0.4, 0.5) is 0 Å². The largest absolute Gasteiger partial charge is 0.306 e. The highest BCUT2D eigenvalue weighted by atomic mass is 32.2. The quantitative estimate of drug-likeness (QED) is 0.891. The number of aryl methyl sites for hydroxylation is 1. The van der Waals surface area contributed by atoms with E-state index in [0.717, 1.165) is 12.1 Å². The van der Waals surface area contributed by atoms with Crippen molar-refractivity contribution in [1.82, 2.24) is 5.32 Å². The van der Waals surface area contributed by atoms with Crippen LogP contribution < -0.4 is 10.5 Å². The van der Waals surface area contributed by atoms with Crippen LogP contribution >= 0.6 is 0 Å². The van der Waals surface area contributed by atoms with Gasteiger partial charge >= 0.3 is 0 Å². The van der Waals surface area contributed by atoms with Gasteiger partial charge in [0.15, 0.2) is 0 Å². The predicted octanol–water partition coefficient (Wildman–Crippen LogP) is 2.49. The molecule has 0 aliphatic rings. The lowest BCUT2D eigenvalue weighted by molar-refractivity contribution is 0.572. The zero-order chi connectivity index (χ0) is 15.5. The lowest BCUT2D eigenvalue weighted by Crippen LogP contribution is -2.19. The maximum atomic E-state index is 11.4. The van der Waals surface area contributed by atoms with E-state index in [9.17, 15) is 8.42 Å². The highest BCUT2D eigenvalue weighted by Crippen LogP contribution is 2.17. The summed E-state index contributed by atoms with van der Waals surface area (Å²) in [5.74, 6) is 0. The van der Waals surface area contributed by atoms with E-state index in [1.807, 2.05) is 19.1 Å². The van der Waals surface area contributed by atoms with Crippen molar-refractivity contribution in [2.75, 3.05) is 0 Å². The molecule has 2 aromatic rings. The molecule has 21 heavy (non-hydrogen) atoms. The van der Waals surface area contributed by atoms with Crippen LogP contribution in [-0.4, -0.2) is 8.42 Å². The van der Waals surface area contributed by atoms with Gasteiger partial charge < -0.3 is 5.32 Å². The molecule has 0 saturated heterocycles. The Morgan fingerprint density at radius 1 is 1.14 bits per heavy atom. The number of rotatable bonds is 5. The van der Waals surface area contributed by atoms with Crippen molar-refractivity contribution in [2.45, 2.75) is 31.3 Å². The van der Waals surface area contributed by atoms with Gasteiger partial charge in [-0.3, -0.25) is 0 Å². The SMILES string of the molecule is Cc1cccc(CNC(C)c2cccc(S(N)(=O)=O)c2)c1. The van der Waals surface area contributed by atoms with E-state index in [-0.39, 0.29) is 10.9 Å². The standard InChI is InChI=1S/C16H20N2O2S/c1-12-5-3-6-14(9-12)11-18-13(2)15-7-4-8-16(10-15)21(17,19)20/h3-10,13,18H,11H2,1-2H3,(H2,17,19,20). The first-order valence-electron chi connectivity index (χ1n) is 6.78. The van der Waals surface area contributed by atoms with Crippen LogP contribution in [0.3, 0.4) is 0 Å². The summed E-state index contributed by atoms with van der Waals surface area (Å²) in [6.07, 6.45) is 0. The minimum absolute atomic E-state index is 0.0345. The molecule has 0 fully saturated rings. The third kappa shape index (κ3) is 4.39. The highest BCUT2D eigenvalue weighted by molar-refractivity contribution is 7.89. The second kappa shape index (κ2) is 6.39. The molecule has 0 heterocycles. The zero-order valence-electron chi connectivity index (χ0n) is 12.2. The Bertz CT molecular complexity index is 727. The summed E-state index contributed by atoms with van der Waals surface area (Å²) in [6, 6.07) is 15.0. The Balaban J connectivity index is 2.08. The molecule has 0 aliphatic carbocycles. The molecule has 0 radical (unpaired) electrons. The number of hydrogen-bond acceptors (Lipinski definition) is 3. The van der Waals surface area contributed by atoms with E-state index in [1.165, 1.54) is 17.2 Å². The summed E-state index contributed by atoms with van der Waals surface area (Å²) in [7, 11) is -3.66. The first-order valence-corrected chi connectivity index (χ1v) is 8.32. The zero-order valence-corrected chi connectivity index (χ0v) is 13.0. The molecule has 5 heteroatoms. The van der Waals surface area contributed by atoms with E-state index in [4.69, 9.17) is 5.14 Å². The number of sulfonamides is 1. The highest BCUT2D eigenvalue weighted by Gasteiger charge is 2.11. The molecule has 1 unspecified atom stereocenters. The molecule has 2 rings (SSSR count). The van der Waals surface area contributed by atoms with E-state index in [1.54, 1.807) is 12.1 Å². The van der Waals surface area contributed by atoms with Crippen molar-refractivity contribution in [3.63, 3.8) is 0 Å². The molecule has 0 aromatic heterocycles. The van der Waals surface area contributed by atoms with E-state index < -0.39 is 10.0 Å². The summed E-state index contributed by atoms with van der Waals surface area (Å²) in [6.45, 7) is 4.78. The van der Waals surface area contributed by atoms with Gasteiger partial charge in [0.25, 0.3) is 0 Å². The average molecular weight is 304 g/mol. The smallest absolute Gasteiger partial charge is 0.238 e. The third-order valence-corrected chi connectivity index (χ3v) is 4.29. The number of hydrogen-bond donors (Lipinski definition) is 2. The Kier molecular flexibility index (Phi) is 4.77. The lowest BCUT2D eigenvalue weighted by Gasteiger charge is -2.15. The molecule has 1 atom stereocenters. The number of primary sulfonamides is 1. The van der Waals surface area contributed by atoms with Gasteiger partial charge in [0.2, 0.25) is 10.0 Å².